The first-order valence-corrected chi connectivity index (χ1v) is 7.37. The molecule has 0 aliphatic rings. The number of aromatic amines is 1. The second-order valence-corrected chi connectivity index (χ2v) is 5.48. The molecule has 0 saturated heterocycles. The molecule has 0 spiro atoms. The van der Waals surface area contributed by atoms with Crippen LogP contribution < -0.4 is 0 Å². The Morgan fingerprint density at radius 3 is 2.24 bits per heavy atom. The van der Waals surface area contributed by atoms with E-state index in [1.165, 1.54) is 31.2 Å². The van der Waals surface area contributed by atoms with Gasteiger partial charge in [0.25, 0.3) is 5.69 Å². The van der Waals surface area contributed by atoms with Gasteiger partial charge in [0.2, 0.25) is 5.78 Å². The van der Waals surface area contributed by atoms with Crippen LogP contribution >= 0.6 is 0 Å². The van der Waals surface area contributed by atoms with Gasteiger partial charge in [0.15, 0.2) is 12.4 Å². The number of Topliss-reactive ketones (excluding diaryl/α,β-unsaturated/α-hetero) is 2. The smallest absolute Gasteiger partial charge is 0.338 e. The Morgan fingerprint density at radius 1 is 1.16 bits per heavy atom. The zero-order valence-electron chi connectivity index (χ0n) is 13.9. The number of hydrogen-bond acceptors (Lipinski definition) is 6. The summed E-state index contributed by atoms with van der Waals surface area (Å²) in [6.07, 6.45) is 0. The molecule has 1 heterocycles. The Hall–Kier alpha value is -3.29. The number of nitrogens with zero attached hydrogens (tertiary/aromatic N) is 1. The number of H-pyrrole nitrogens is 1. The van der Waals surface area contributed by atoms with E-state index in [9.17, 15) is 24.5 Å². The zero-order chi connectivity index (χ0) is 18.7. The third kappa shape index (κ3) is 3.79. The number of carbonyl (C=O) groups is 3. The lowest BCUT2D eigenvalue weighted by Gasteiger charge is -2.04. The minimum atomic E-state index is -0.768. The van der Waals surface area contributed by atoms with Crippen molar-refractivity contribution in [1.29, 1.82) is 0 Å². The Morgan fingerprint density at radius 2 is 1.76 bits per heavy atom. The van der Waals surface area contributed by atoms with E-state index in [0.29, 0.717) is 16.8 Å². The summed E-state index contributed by atoms with van der Waals surface area (Å²) in [5.74, 6) is -1.40. The van der Waals surface area contributed by atoms with E-state index < -0.39 is 23.3 Å². The molecule has 8 nitrogen and oxygen atoms in total. The molecule has 0 unspecified atom stereocenters. The fraction of sp³-hybridized carbons (Fsp3) is 0.235. The van der Waals surface area contributed by atoms with Crippen LogP contribution in [0, 0.1) is 24.0 Å². The van der Waals surface area contributed by atoms with E-state index in [2.05, 4.69) is 4.98 Å². The molecule has 0 bridgehead atoms. The van der Waals surface area contributed by atoms with Gasteiger partial charge in [0.1, 0.15) is 0 Å². The van der Waals surface area contributed by atoms with Gasteiger partial charge in [-0.2, -0.15) is 0 Å². The lowest BCUT2D eigenvalue weighted by atomic mass is 10.1. The SMILES string of the molecule is CC(=O)c1c(C)[nH]c(C(=O)COC(=O)c2ccc([N+](=O)[O-])cc2)c1C. The van der Waals surface area contributed by atoms with Crippen molar-refractivity contribution in [3.8, 4) is 0 Å². The predicted octanol–water partition coefficient (Wildman–Crippen LogP) is 2.78. The van der Waals surface area contributed by atoms with Gasteiger partial charge in [-0.15, -0.1) is 0 Å². The molecule has 1 aromatic carbocycles. The first-order valence-electron chi connectivity index (χ1n) is 7.37. The van der Waals surface area contributed by atoms with Crippen molar-refractivity contribution >= 4 is 23.2 Å². The van der Waals surface area contributed by atoms with Crippen LogP contribution in [0.1, 0.15) is 49.4 Å². The molecule has 25 heavy (non-hydrogen) atoms. The maximum atomic E-state index is 12.2. The Balaban J connectivity index is 2.07. The average Bonchev–Trinajstić information content (AvgIpc) is 2.87. The normalized spacial score (nSPS) is 10.4. The number of esters is 1. The van der Waals surface area contributed by atoms with Crippen LogP contribution in [-0.2, 0) is 4.74 Å². The van der Waals surface area contributed by atoms with Crippen molar-refractivity contribution in [2.24, 2.45) is 0 Å². The van der Waals surface area contributed by atoms with E-state index in [0.717, 1.165) is 0 Å². The number of nitro benzene ring substituents is 1. The van der Waals surface area contributed by atoms with Crippen molar-refractivity contribution in [2.75, 3.05) is 6.61 Å². The van der Waals surface area contributed by atoms with Gasteiger partial charge < -0.3 is 9.72 Å². The standard InChI is InChI=1S/C17H16N2O6/c1-9-15(11(3)20)10(2)18-16(9)14(21)8-25-17(22)12-4-6-13(7-5-12)19(23)24/h4-7,18H,8H2,1-3H3. The van der Waals surface area contributed by atoms with Crippen molar-refractivity contribution in [1.82, 2.24) is 4.98 Å². The molecule has 8 heteroatoms. The lowest BCUT2D eigenvalue weighted by Crippen LogP contribution is -2.15. The minimum absolute atomic E-state index is 0.0993. The van der Waals surface area contributed by atoms with Crippen LogP contribution in [0.2, 0.25) is 0 Å². The molecule has 0 radical (unpaired) electrons. The predicted molar refractivity (Wildman–Crippen MR) is 88.0 cm³/mol. The highest BCUT2D eigenvalue weighted by atomic mass is 16.6. The van der Waals surface area contributed by atoms with Gasteiger partial charge in [-0.3, -0.25) is 19.7 Å². The summed E-state index contributed by atoms with van der Waals surface area (Å²) in [6, 6.07) is 4.86. The van der Waals surface area contributed by atoms with Crippen LogP contribution in [0.15, 0.2) is 24.3 Å². The number of hydrogen-bond donors (Lipinski definition) is 1. The maximum Gasteiger partial charge on any atom is 0.338 e. The highest BCUT2D eigenvalue weighted by Crippen LogP contribution is 2.19. The van der Waals surface area contributed by atoms with Crippen LogP contribution in [0.4, 0.5) is 5.69 Å². The van der Waals surface area contributed by atoms with Crippen molar-refractivity contribution in [3.05, 3.63) is 62.5 Å². The second-order valence-electron chi connectivity index (χ2n) is 5.48. The van der Waals surface area contributed by atoms with Gasteiger partial charge in [-0.05, 0) is 38.5 Å². The van der Waals surface area contributed by atoms with Gasteiger partial charge in [-0.25, -0.2) is 4.79 Å². The minimum Gasteiger partial charge on any atom is -0.454 e. The van der Waals surface area contributed by atoms with Crippen molar-refractivity contribution in [2.45, 2.75) is 20.8 Å². The Labute approximate surface area is 143 Å². The van der Waals surface area contributed by atoms with Crippen molar-refractivity contribution < 1.29 is 24.0 Å². The molecular formula is C17H16N2O6. The number of non-ortho nitro benzene ring substituents is 1. The van der Waals surface area contributed by atoms with Crippen LogP contribution in [0.25, 0.3) is 0 Å². The van der Waals surface area contributed by atoms with Crippen molar-refractivity contribution in [3.63, 3.8) is 0 Å². The van der Waals surface area contributed by atoms with E-state index >= 15 is 0 Å². The Bertz CT molecular complexity index is 864. The molecule has 1 N–H and O–H groups in total. The summed E-state index contributed by atoms with van der Waals surface area (Å²) in [5.41, 5.74) is 1.71. The van der Waals surface area contributed by atoms with E-state index in [-0.39, 0.29) is 22.7 Å². The van der Waals surface area contributed by atoms with Crippen LogP contribution in [0.3, 0.4) is 0 Å². The van der Waals surface area contributed by atoms with E-state index in [4.69, 9.17) is 4.74 Å². The van der Waals surface area contributed by atoms with Gasteiger partial charge >= 0.3 is 5.97 Å². The third-order valence-corrected chi connectivity index (χ3v) is 3.72. The third-order valence-electron chi connectivity index (χ3n) is 3.72. The number of aryl methyl sites for hydroxylation is 1. The molecule has 0 fully saturated rings. The monoisotopic (exact) mass is 344 g/mol. The first kappa shape index (κ1) is 18.1. The first-order chi connectivity index (χ1) is 11.7. The number of aromatic nitrogens is 1. The number of nitrogens with one attached hydrogen (secondary N) is 1. The quantitative estimate of drug-likeness (QED) is 0.372. The maximum absolute atomic E-state index is 12.2. The molecule has 2 rings (SSSR count). The summed E-state index contributed by atoms with van der Waals surface area (Å²) in [7, 11) is 0. The van der Waals surface area contributed by atoms with Gasteiger partial charge in [0, 0.05) is 23.4 Å². The molecule has 0 atom stereocenters. The number of carbonyl (C=O) groups excluding carboxylic acids is 3. The van der Waals surface area contributed by atoms with Gasteiger partial charge in [0.05, 0.1) is 16.2 Å². The molecular weight excluding hydrogens is 328 g/mol. The summed E-state index contributed by atoms with van der Waals surface area (Å²) < 4.78 is 4.95. The summed E-state index contributed by atoms with van der Waals surface area (Å²) >= 11 is 0. The molecule has 0 aliphatic heterocycles. The van der Waals surface area contributed by atoms with E-state index in [1.54, 1.807) is 13.8 Å². The van der Waals surface area contributed by atoms with E-state index in [1.807, 2.05) is 0 Å². The lowest BCUT2D eigenvalue weighted by molar-refractivity contribution is -0.384. The highest BCUT2D eigenvalue weighted by molar-refractivity contribution is 6.04. The fourth-order valence-corrected chi connectivity index (χ4v) is 2.56. The summed E-state index contributed by atoms with van der Waals surface area (Å²) in [5, 5.41) is 10.6. The summed E-state index contributed by atoms with van der Waals surface area (Å²) in [4.78, 5) is 48.6. The van der Waals surface area contributed by atoms with Crippen LogP contribution in [-0.4, -0.2) is 34.0 Å². The highest BCUT2D eigenvalue weighted by Gasteiger charge is 2.21. The summed E-state index contributed by atoms with van der Waals surface area (Å²) in [6.45, 7) is 4.23. The largest absolute Gasteiger partial charge is 0.454 e. The molecule has 0 amide bonds. The number of nitro groups is 1. The fourth-order valence-electron chi connectivity index (χ4n) is 2.56. The number of ketones is 2. The number of rotatable bonds is 6. The average molecular weight is 344 g/mol. The molecule has 0 aliphatic carbocycles. The van der Waals surface area contributed by atoms with Crippen LogP contribution in [0.5, 0.6) is 0 Å². The zero-order valence-corrected chi connectivity index (χ0v) is 13.9. The molecule has 2 aromatic rings. The van der Waals surface area contributed by atoms with Gasteiger partial charge in [-0.1, -0.05) is 0 Å². The second kappa shape index (κ2) is 7.08. The Kier molecular flexibility index (Phi) is 5.11. The number of benzene rings is 1. The molecule has 1 aromatic heterocycles. The molecule has 0 saturated carbocycles. The number of ether oxygens (including phenoxy) is 1. The topological polar surface area (TPSA) is 119 Å². The molecule has 130 valence electrons.